The first-order valence-electron chi connectivity index (χ1n) is 7.63. The summed E-state index contributed by atoms with van der Waals surface area (Å²) in [6.45, 7) is 5.92. The van der Waals surface area contributed by atoms with E-state index < -0.39 is 0 Å². The lowest BCUT2D eigenvalue weighted by Crippen LogP contribution is -2.06. The average molecular weight is 310 g/mol. The summed E-state index contributed by atoms with van der Waals surface area (Å²) in [4.78, 5) is 12.2. The van der Waals surface area contributed by atoms with Gasteiger partial charge in [0.05, 0.1) is 13.2 Å². The summed E-state index contributed by atoms with van der Waals surface area (Å²) >= 11 is 0. The molecule has 2 aromatic carbocycles. The van der Waals surface area contributed by atoms with Crippen LogP contribution in [0.5, 0.6) is 11.5 Å². The van der Waals surface area contributed by atoms with E-state index in [1.54, 1.807) is 19.3 Å². The number of ether oxygens (including phenoxy) is 2. The van der Waals surface area contributed by atoms with Crippen LogP contribution in [0.2, 0.25) is 0 Å². The molecule has 120 valence electrons. The van der Waals surface area contributed by atoms with Crippen molar-refractivity contribution in [2.45, 2.75) is 26.9 Å². The zero-order valence-electron chi connectivity index (χ0n) is 14.0. The second kappa shape index (κ2) is 7.63. The van der Waals surface area contributed by atoms with Gasteiger partial charge in [0.25, 0.3) is 0 Å². The molecule has 0 atom stereocenters. The summed E-state index contributed by atoms with van der Waals surface area (Å²) in [7, 11) is 1.61. The third-order valence-corrected chi connectivity index (χ3v) is 3.31. The molecule has 2 aromatic rings. The summed E-state index contributed by atoms with van der Waals surface area (Å²) in [6, 6.07) is 13.1. The second-order valence-corrected chi connectivity index (χ2v) is 5.64. The molecule has 0 amide bonds. The average Bonchev–Trinajstić information content (AvgIpc) is 2.53. The van der Waals surface area contributed by atoms with Crippen molar-refractivity contribution in [2.75, 3.05) is 7.11 Å². The Balaban J connectivity index is 2.18. The predicted molar refractivity (Wildman–Crippen MR) is 93.3 cm³/mol. The number of allylic oxidation sites excluding steroid dienone is 1. The molecule has 0 radical (unpaired) electrons. The van der Waals surface area contributed by atoms with Crippen LogP contribution in [0.1, 0.15) is 35.3 Å². The minimum atomic E-state index is -0.0212. The highest BCUT2D eigenvalue weighted by atomic mass is 16.5. The number of benzene rings is 2. The highest BCUT2D eigenvalue weighted by molar-refractivity contribution is 6.06. The van der Waals surface area contributed by atoms with E-state index in [-0.39, 0.29) is 11.9 Å². The Hall–Kier alpha value is -2.55. The molecule has 0 unspecified atom stereocenters. The Kier molecular flexibility index (Phi) is 5.58. The van der Waals surface area contributed by atoms with Gasteiger partial charge in [0.2, 0.25) is 0 Å². The van der Waals surface area contributed by atoms with Gasteiger partial charge >= 0.3 is 0 Å². The SMILES string of the molecule is COc1ccc(/C=C/C(=O)c2ccc(C)cc2)cc1OC(C)C. The largest absolute Gasteiger partial charge is 0.493 e. The predicted octanol–water partition coefficient (Wildman–Crippen LogP) is 4.69. The highest BCUT2D eigenvalue weighted by Gasteiger charge is 2.07. The first-order chi connectivity index (χ1) is 11.0. The lowest BCUT2D eigenvalue weighted by atomic mass is 10.1. The molecule has 0 heterocycles. The van der Waals surface area contributed by atoms with Crippen molar-refractivity contribution in [2.24, 2.45) is 0 Å². The maximum Gasteiger partial charge on any atom is 0.185 e. The van der Waals surface area contributed by atoms with Crippen LogP contribution < -0.4 is 9.47 Å². The molecule has 0 aliphatic heterocycles. The van der Waals surface area contributed by atoms with Crippen LogP contribution in [0.3, 0.4) is 0 Å². The van der Waals surface area contributed by atoms with Crippen LogP contribution in [0.25, 0.3) is 6.08 Å². The topological polar surface area (TPSA) is 35.5 Å². The minimum absolute atomic E-state index is 0.0212. The Morgan fingerprint density at radius 3 is 2.35 bits per heavy atom. The fourth-order valence-corrected chi connectivity index (χ4v) is 2.13. The Bertz CT molecular complexity index is 697. The summed E-state index contributed by atoms with van der Waals surface area (Å²) < 4.78 is 11.0. The van der Waals surface area contributed by atoms with Crippen LogP contribution in [0, 0.1) is 6.92 Å². The van der Waals surface area contributed by atoms with E-state index in [0.29, 0.717) is 17.1 Å². The van der Waals surface area contributed by atoms with Gasteiger partial charge in [0, 0.05) is 5.56 Å². The van der Waals surface area contributed by atoms with Crippen molar-refractivity contribution in [1.29, 1.82) is 0 Å². The van der Waals surface area contributed by atoms with Crippen molar-refractivity contribution in [3.63, 3.8) is 0 Å². The van der Waals surface area contributed by atoms with Crippen LogP contribution in [-0.2, 0) is 0 Å². The third-order valence-electron chi connectivity index (χ3n) is 3.31. The van der Waals surface area contributed by atoms with E-state index in [2.05, 4.69) is 0 Å². The van der Waals surface area contributed by atoms with Crippen molar-refractivity contribution in [3.8, 4) is 11.5 Å². The van der Waals surface area contributed by atoms with Gasteiger partial charge in [-0.05, 0) is 44.5 Å². The molecule has 0 saturated carbocycles. The maximum atomic E-state index is 12.2. The molecule has 0 spiro atoms. The van der Waals surface area contributed by atoms with Crippen molar-refractivity contribution in [3.05, 3.63) is 65.2 Å². The van der Waals surface area contributed by atoms with Gasteiger partial charge < -0.3 is 9.47 Å². The molecule has 0 aliphatic carbocycles. The standard InChI is InChI=1S/C20H22O3/c1-14(2)23-20-13-16(8-12-19(20)22-4)7-11-18(21)17-9-5-15(3)6-10-17/h5-14H,1-4H3/b11-7+. The number of carbonyl (C=O) groups excluding carboxylic acids is 1. The molecule has 0 saturated heterocycles. The molecule has 2 rings (SSSR count). The molecular formula is C20H22O3. The molecule has 23 heavy (non-hydrogen) atoms. The normalized spacial score (nSPS) is 11.0. The van der Waals surface area contributed by atoms with Gasteiger partial charge in [0.15, 0.2) is 17.3 Å². The Labute approximate surface area is 137 Å². The summed E-state index contributed by atoms with van der Waals surface area (Å²) in [5, 5.41) is 0. The molecular weight excluding hydrogens is 288 g/mol. The van der Waals surface area contributed by atoms with Gasteiger partial charge in [-0.2, -0.15) is 0 Å². The molecule has 0 N–H and O–H groups in total. The number of rotatable bonds is 6. The fraction of sp³-hybridized carbons (Fsp3) is 0.250. The van der Waals surface area contributed by atoms with Crippen LogP contribution in [-0.4, -0.2) is 19.0 Å². The first kappa shape index (κ1) is 16.8. The van der Waals surface area contributed by atoms with Gasteiger partial charge in [-0.25, -0.2) is 0 Å². The molecule has 3 nitrogen and oxygen atoms in total. The highest BCUT2D eigenvalue weighted by Crippen LogP contribution is 2.29. The number of ketones is 1. The van der Waals surface area contributed by atoms with Crippen molar-refractivity contribution < 1.29 is 14.3 Å². The zero-order valence-corrected chi connectivity index (χ0v) is 14.0. The zero-order chi connectivity index (χ0) is 16.8. The van der Waals surface area contributed by atoms with Gasteiger partial charge in [-0.1, -0.05) is 42.0 Å². The van der Waals surface area contributed by atoms with Gasteiger partial charge in [-0.15, -0.1) is 0 Å². The molecule has 0 bridgehead atoms. The van der Waals surface area contributed by atoms with Crippen LogP contribution in [0.15, 0.2) is 48.5 Å². The number of hydrogen-bond acceptors (Lipinski definition) is 3. The number of methoxy groups -OCH3 is 1. The van der Waals surface area contributed by atoms with Gasteiger partial charge in [-0.3, -0.25) is 4.79 Å². The second-order valence-electron chi connectivity index (χ2n) is 5.64. The minimum Gasteiger partial charge on any atom is -0.493 e. The molecule has 0 aliphatic rings. The number of aryl methyl sites for hydroxylation is 1. The van der Waals surface area contributed by atoms with E-state index in [1.165, 1.54) is 0 Å². The number of hydrogen-bond donors (Lipinski definition) is 0. The van der Waals surface area contributed by atoms with Gasteiger partial charge in [0.1, 0.15) is 0 Å². The molecule has 0 fully saturated rings. The summed E-state index contributed by atoms with van der Waals surface area (Å²) in [5.41, 5.74) is 2.71. The Morgan fingerprint density at radius 2 is 1.74 bits per heavy atom. The Morgan fingerprint density at radius 1 is 1.04 bits per heavy atom. The van der Waals surface area contributed by atoms with Crippen LogP contribution >= 0.6 is 0 Å². The van der Waals surface area contributed by atoms with Crippen molar-refractivity contribution in [1.82, 2.24) is 0 Å². The van der Waals surface area contributed by atoms with E-state index in [4.69, 9.17) is 9.47 Å². The van der Waals surface area contributed by atoms with Crippen molar-refractivity contribution >= 4 is 11.9 Å². The molecule has 3 heteroatoms. The van der Waals surface area contributed by atoms with E-state index in [1.807, 2.05) is 63.2 Å². The monoisotopic (exact) mass is 310 g/mol. The van der Waals surface area contributed by atoms with E-state index in [9.17, 15) is 4.79 Å². The van der Waals surface area contributed by atoms with E-state index >= 15 is 0 Å². The number of carbonyl (C=O) groups is 1. The van der Waals surface area contributed by atoms with E-state index in [0.717, 1.165) is 11.1 Å². The summed E-state index contributed by atoms with van der Waals surface area (Å²) in [6.07, 6.45) is 3.41. The first-order valence-corrected chi connectivity index (χ1v) is 7.63. The lowest BCUT2D eigenvalue weighted by molar-refractivity contribution is 0.104. The maximum absolute atomic E-state index is 12.2. The van der Waals surface area contributed by atoms with Crippen LogP contribution in [0.4, 0.5) is 0 Å². The summed E-state index contributed by atoms with van der Waals surface area (Å²) in [5.74, 6) is 1.33. The third kappa shape index (κ3) is 4.71. The quantitative estimate of drug-likeness (QED) is 0.573. The lowest BCUT2D eigenvalue weighted by Gasteiger charge is -2.13. The smallest absolute Gasteiger partial charge is 0.185 e. The fourth-order valence-electron chi connectivity index (χ4n) is 2.13. The molecule has 0 aromatic heterocycles.